The molecule has 158 valence electrons. The second kappa shape index (κ2) is 9.92. The van der Waals surface area contributed by atoms with Crippen molar-refractivity contribution in [3.05, 3.63) is 21.4 Å². The van der Waals surface area contributed by atoms with Gasteiger partial charge in [0.15, 0.2) is 12.4 Å². The van der Waals surface area contributed by atoms with Crippen molar-refractivity contribution in [1.82, 2.24) is 0 Å². The van der Waals surface area contributed by atoms with Crippen LogP contribution in [0.4, 0.5) is 0 Å². The van der Waals surface area contributed by atoms with Crippen LogP contribution in [0.25, 0.3) is 0 Å². The van der Waals surface area contributed by atoms with E-state index in [9.17, 15) is 20.1 Å². The van der Waals surface area contributed by atoms with Crippen molar-refractivity contribution in [3.63, 3.8) is 0 Å². The molecule has 9 heteroatoms. The Morgan fingerprint density at radius 3 is 2.23 bits per heavy atom. The Morgan fingerprint density at radius 2 is 1.70 bits per heavy atom. The average molecular weight is 447 g/mol. The number of allylic oxidation sites excluding steroid dienone is 1. The summed E-state index contributed by atoms with van der Waals surface area (Å²) in [5, 5.41) is 18.6. The fraction of sp³-hybridized carbons (Fsp3) is 0.429. The number of carbonyl (C=O) groups is 2. The largest absolute Gasteiger partial charge is 0.485 e. The molecule has 1 aliphatic heterocycles. The first-order chi connectivity index (χ1) is 14.2. The van der Waals surface area contributed by atoms with Crippen molar-refractivity contribution in [2.24, 2.45) is 0 Å². The number of rotatable bonds is 7. The molecule has 7 nitrogen and oxygen atoms in total. The van der Waals surface area contributed by atoms with E-state index in [4.69, 9.17) is 9.47 Å². The fourth-order valence-corrected chi connectivity index (χ4v) is 5.00. The number of ketones is 1. The Bertz CT molecular complexity index is 965. The molecule has 0 amide bonds. The van der Waals surface area contributed by atoms with E-state index in [1.165, 1.54) is 30.6 Å². The minimum atomic E-state index is -0.529. The molecule has 0 aliphatic carbocycles. The van der Waals surface area contributed by atoms with Gasteiger partial charge >= 0.3 is 5.97 Å². The van der Waals surface area contributed by atoms with Gasteiger partial charge in [0.05, 0.1) is 21.1 Å². The number of benzene rings is 1. The van der Waals surface area contributed by atoms with Crippen LogP contribution >= 0.6 is 23.5 Å². The molecular formula is C21H22N2O5S2. The highest BCUT2D eigenvalue weighted by atomic mass is 32.2. The predicted octanol–water partition coefficient (Wildman–Crippen LogP) is 4.35. The molecule has 1 aromatic rings. The third-order valence-corrected chi connectivity index (χ3v) is 6.74. The van der Waals surface area contributed by atoms with Crippen molar-refractivity contribution >= 4 is 35.3 Å². The van der Waals surface area contributed by atoms with Crippen molar-refractivity contribution < 1.29 is 23.8 Å². The maximum Gasteiger partial charge on any atom is 0.343 e. The molecule has 0 atom stereocenters. The molecule has 2 rings (SSSR count). The maximum absolute atomic E-state index is 11.8. The number of nitrogens with zero attached hydrogens (tertiary/aromatic N) is 2. The summed E-state index contributed by atoms with van der Waals surface area (Å²) in [4.78, 5) is 24.8. The van der Waals surface area contributed by atoms with Gasteiger partial charge < -0.3 is 14.2 Å². The first kappa shape index (κ1) is 23.7. The topological polar surface area (TPSA) is 109 Å². The van der Waals surface area contributed by atoms with Crippen LogP contribution in [0, 0.1) is 22.7 Å². The second-order valence-corrected chi connectivity index (χ2v) is 9.60. The molecule has 0 saturated heterocycles. The maximum atomic E-state index is 11.8. The van der Waals surface area contributed by atoms with Crippen LogP contribution in [0.3, 0.4) is 0 Å². The summed E-state index contributed by atoms with van der Waals surface area (Å²) >= 11 is 2.44. The van der Waals surface area contributed by atoms with E-state index in [1.807, 2.05) is 32.9 Å². The third-order valence-electron chi connectivity index (χ3n) is 4.13. The van der Waals surface area contributed by atoms with Crippen LogP contribution in [0.15, 0.2) is 25.7 Å². The number of thioether (sulfide) groups is 2. The molecular weight excluding hydrogens is 424 g/mol. The molecule has 0 fully saturated rings. The van der Waals surface area contributed by atoms with Crippen LogP contribution in [-0.2, 0) is 19.7 Å². The molecule has 0 N–H and O–H groups in total. The van der Waals surface area contributed by atoms with Gasteiger partial charge in [-0.15, -0.1) is 0 Å². The predicted molar refractivity (Wildman–Crippen MR) is 113 cm³/mol. The summed E-state index contributed by atoms with van der Waals surface area (Å²) in [6.45, 7) is 7.36. The number of Topliss-reactive ketones (excluding diaryl/α,β-unsaturated/α-hetero) is 1. The van der Waals surface area contributed by atoms with Gasteiger partial charge in [-0.05, 0) is 11.5 Å². The Labute approximate surface area is 184 Å². The van der Waals surface area contributed by atoms with Crippen LogP contribution in [0.5, 0.6) is 11.5 Å². The number of fused-ring (bicyclic) bond motifs is 1. The van der Waals surface area contributed by atoms with E-state index in [-0.39, 0.29) is 30.0 Å². The van der Waals surface area contributed by atoms with E-state index in [2.05, 4.69) is 4.74 Å². The van der Waals surface area contributed by atoms with Gasteiger partial charge in [0.1, 0.15) is 35.8 Å². The number of hydrogen-bond donors (Lipinski definition) is 0. The average Bonchev–Trinajstić information content (AvgIpc) is 3.15. The lowest BCUT2D eigenvalue weighted by Crippen LogP contribution is -2.19. The van der Waals surface area contributed by atoms with Crippen LogP contribution in [-0.4, -0.2) is 32.1 Å². The summed E-state index contributed by atoms with van der Waals surface area (Å²) < 4.78 is 16.8. The van der Waals surface area contributed by atoms with E-state index >= 15 is 0 Å². The molecule has 1 heterocycles. The smallest absolute Gasteiger partial charge is 0.343 e. The lowest BCUT2D eigenvalue weighted by atomic mass is 9.86. The normalized spacial score (nSPS) is 12.4. The van der Waals surface area contributed by atoms with E-state index in [1.54, 1.807) is 13.0 Å². The Kier molecular flexibility index (Phi) is 7.83. The van der Waals surface area contributed by atoms with Gasteiger partial charge in [-0.3, -0.25) is 4.79 Å². The van der Waals surface area contributed by atoms with E-state index < -0.39 is 5.97 Å². The second-order valence-electron chi connectivity index (χ2n) is 7.30. The highest BCUT2D eigenvalue weighted by molar-refractivity contribution is 8.24. The van der Waals surface area contributed by atoms with Crippen molar-refractivity contribution in [1.29, 1.82) is 10.5 Å². The molecule has 0 radical (unpaired) electrons. The Balaban J connectivity index is 2.65. The number of carbonyl (C=O) groups excluding carboxylic acids is 2. The number of methoxy groups -OCH3 is 1. The van der Waals surface area contributed by atoms with Gasteiger partial charge in [-0.2, -0.15) is 10.5 Å². The Morgan fingerprint density at radius 1 is 1.07 bits per heavy atom. The molecule has 1 aliphatic rings. The van der Waals surface area contributed by atoms with Crippen molar-refractivity contribution in [3.8, 4) is 23.6 Å². The van der Waals surface area contributed by atoms with E-state index in [0.29, 0.717) is 31.9 Å². The highest BCUT2D eigenvalue weighted by Gasteiger charge is 2.34. The Hall–Kier alpha value is -2.62. The fourth-order valence-electron chi connectivity index (χ4n) is 2.47. The van der Waals surface area contributed by atoms with Crippen LogP contribution in [0.1, 0.15) is 39.7 Å². The summed E-state index contributed by atoms with van der Waals surface area (Å²) in [5.41, 5.74) is 0.375. The summed E-state index contributed by atoms with van der Waals surface area (Å²) in [6.07, 6.45) is 0.356. The minimum absolute atomic E-state index is 0.0204. The third kappa shape index (κ3) is 5.29. The minimum Gasteiger partial charge on any atom is -0.485 e. The number of hydrogen-bond acceptors (Lipinski definition) is 9. The van der Waals surface area contributed by atoms with Gasteiger partial charge in [0, 0.05) is 12.0 Å². The lowest BCUT2D eigenvalue weighted by molar-refractivity contribution is -0.143. The first-order valence-electron chi connectivity index (χ1n) is 9.12. The summed E-state index contributed by atoms with van der Waals surface area (Å²) in [7, 11) is 1.28. The van der Waals surface area contributed by atoms with Gasteiger partial charge in [0.2, 0.25) is 0 Å². The monoisotopic (exact) mass is 446 g/mol. The van der Waals surface area contributed by atoms with Crippen LogP contribution in [0.2, 0.25) is 0 Å². The number of esters is 1. The molecule has 0 unspecified atom stereocenters. The van der Waals surface area contributed by atoms with Gasteiger partial charge in [0.25, 0.3) is 0 Å². The zero-order chi connectivity index (χ0) is 22.5. The molecule has 1 aromatic carbocycles. The molecule has 0 aromatic heterocycles. The summed E-state index contributed by atoms with van der Waals surface area (Å²) in [5.74, 6) is 0.372. The van der Waals surface area contributed by atoms with Gasteiger partial charge in [-0.25, -0.2) is 4.79 Å². The molecule has 0 spiro atoms. The highest BCUT2D eigenvalue weighted by Crippen LogP contribution is 2.60. The lowest BCUT2D eigenvalue weighted by Gasteiger charge is -2.25. The van der Waals surface area contributed by atoms with Crippen molar-refractivity contribution in [2.45, 2.75) is 49.3 Å². The van der Waals surface area contributed by atoms with Gasteiger partial charge in [-0.1, -0.05) is 51.2 Å². The zero-order valence-corrected chi connectivity index (χ0v) is 19.1. The molecule has 30 heavy (non-hydrogen) atoms. The van der Waals surface area contributed by atoms with Crippen LogP contribution < -0.4 is 9.47 Å². The van der Waals surface area contributed by atoms with Crippen molar-refractivity contribution in [2.75, 3.05) is 20.3 Å². The molecule has 0 saturated carbocycles. The van der Waals surface area contributed by atoms with E-state index in [0.717, 1.165) is 5.56 Å². The standard InChI is InChI=1S/C21H22N2O5S2/c1-6-13(24)10-27-15-7-14(21(2,3)4)17(28-11-16(25)26-5)19-18(15)29-20(30-19)12(8-22)9-23/h7H,6,10-11H2,1-5H3. The SMILES string of the molecule is CCC(=O)COc1cc(C(C)(C)C)c(OCC(=O)OC)c2c1SC(=C(C#N)C#N)S2. The quantitative estimate of drug-likeness (QED) is 0.446. The zero-order valence-electron chi connectivity index (χ0n) is 17.5. The number of nitriles is 2. The first-order valence-corrected chi connectivity index (χ1v) is 10.7. The molecule has 0 bridgehead atoms. The number of ether oxygens (including phenoxy) is 3. The summed E-state index contributed by atoms with van der Waals surface area (Å²) in [6, 6.07) is 5.59.